The number of thioether (sulfide) groups is 1. The number of imidazole rings is 1. The summed E-state index contributed by atoms with van der Waals surface area (Å²) in [6, 6.07) is 11.7. The van der Waals surface area contributed by atoms with Gasteiger partial charge in [-0.1, -0.05) is 17.8 Å². The number of aromatic nitrogens is 2. The van der Waals surface area contributed by atoms with Crippen LogP contribution in [0.4, 0.5) is 0 Å². The fourth-order valence-electron chi connectivity index (χ4n) is 3.72. The average molecular weight is 398 g/mol. The number of benzene rings is 1. The number of hydrogen-bond donors (Lipinski definition) is 0. The number of carbonyl (C=O) groups excluding carboxylic acids is 1. The van der Waals surface area contributed by atoms with Crippen molar-refractivity contribution in [3.05, 3.63) is 54.4 Å². The number of rotatable bonds is 6. The van der Waals surface area contributed by atoms with Gasteiger partial charge in [-0.05, 0) is 43.2 Å². The Morgan fingerprint density at radius 1 is 1.25 bits per heavy atom. The average Bonchev–Trinajstić information content (AvgIpc) is 3.39. The maximum absolute atomic E-state index is 13.0. The van der Waals surface area contributed by atoms with Crippen molar-refractivity contribution >= 4 is 23.2 Å². The van der Waals surface area contributed by atoms with Crippen LogP contribution in [0.5, 0.6) is 11.5 Å². The van der Waals surface area contributed by atoms with Crippen molar-refractivity contribution in [1.29, 1.82) is 0 Å². The van der Waals surface area contributed by atoms with Crippen molar-refractivity contribution in [3.63, 3.8) is 0 Å². The molecule has 2 aromatic heterocycles. The standard InChI is InChI=1S/C21H23N3O3S/c1-26-16-8-9-19(27-2)17(12-16)18-7-5-11-24(18)20(25)14-28-21-22-13-15-6-3-4-10-23(15)21/h3-4,6,8-10,12-13,18H,5,7,11,14H2,1-2H3/t18-/m0/s1. The van der Waals surface area contributed by atoms with Crippen LogP contribution in [-0.2, 0) is 4.79 Å². The molecular formula is C21H23N3O3S. The molecule has 0 saturated carbocycles. The predicted octanol–water partition coefficient (Wildman–Crippen LogP) is 3.81. The third kappa shape index (κ3) is 3.54. The number of carbonyl (C=O) groups is 1. The Kier molecular flexibility index (Phi) is 5.43. The van der Waals surface area contributed by atoms with Crippen LogP contribution in [0.3, 0.4) is 0 Å². The molecule has 6 nitrogen and oxygen atoms in total. The van der Waals surface area contributed by atoms with Crippen molar-refractivity contribution in [1.82, 2.24) is 14.3 Å². The first kappa shape index (κ1) is 18.7. The summed E-state index contributed by atoms with van der Waals surface area (Å²) in [6.45, 7) is 0.757. The summed E-state index contributed by atoms with van der Waals surface area (Å²) in [6.07, 6.45) is 5.70. The van der Waals surface area contributed by atoms with Crippen molar-refractivity contribution in [2.75, 3.05) is 26.5 Å². The Morgan fingerprint density at radius 3 is 2.96 bits per heavy atom. The van der Waals surface area contributed by atoms with E-state index in [9.17, 15) is 4.79 Å². The van der Waals surface area contributed by atoms with Crippen molar-refractivity contribution in [2.45, 2.75) is 24.0 Å². The molecule has 0 N–H and O–H groups in total. The number of ether oxygens (including phenoxy) is 2. The highest BCUT2D eigenvalue weighted by atomic mass is 32.2. The lowest BCUT2D eigenvalue weighted by atomic mass is 10.0. The van der Waals surface area contributed by atoms with E-state index in [1.807, 2.05) is 58.1 Å². The maximum Gasteiger partial charge on any atom is 0.233 e. The van der Waals surface area contributed by atoms with E-state index in [0.29, 0.717) is 5.75 Å². The molecule has 1 aromatic carbocycles. The summed E-state index contributed by atoms with van der Waals surface area (Å²) in [5.41, 5.74) is 2.03. The minimum atomic E-state index is 0.00942. The summed E-state index contributed by atoms with van der Waals surface area (Å²) in [7, 11) is 3.31. The quantitative estimate of drug-likeness (QED) is 0.592. The lowest BCUT2D eigenvalue weighted by Gasteiger charge is -2.26. The van der Waals surface area contributed by atoms with Crippen LogP contribution in [0.15, 0.2) is 53.9 Å². The second-order valence-electron chi connectivity index (χ2n) is 6.68. The van der Waals surface area contributed by atoms with Gasteiger partial charge in [-0.2, -0.15) is 0 Å². The topological polar surface area (TPSA) is 56.1 Å². The number of methoxy groups -OCH3 is 2. The Balaban J connectivity index is 1.51. The van der Waals surface area contributed by atoms with Gasteiger partial charge in [0.15, 0.2) is 5.16 Å². The van der Waals surface area contributed by atoms with Gasteiger partial charge in [-0.3, -0.25) is 9.20 Å². The number of amides is 1. The molecule has 0 unspecified atom stereocenters. The molecule has 28 heavy (non-hydrogen) atoms. The SMILES string of the molecule is COc1ccc(OC)c([C@@H]2CCCN2C(=O)CSc2ncc3ccccn23)c1. The highest BCUT2D eigenvalue weighted by Gasteiger charge is 2.32. The minimum absolute atomic E-state index is 0.00942. The lowest BCUT2D eigenvalue weighted by Crippen LogP contribution is -2.32. The largest absolute Gasteiger partial charge is 0.497 e. The smallest absolute Gasteiger partial charge is 0.233 e. The van der Waals surface area contributed by atoms with E-state index in [2.05, 4.69) is 4.98 Å². The molecule has 7 heteroatoms. The van der Waals surface area contributed by atoms with Crippen molar-refractivity contribution < 1.29 is 14.3 Å². The van der Waals surface area contributed by atoms with Crippen LogP contribution in [0, 0.1) is 0 Å². The third-order valence-electron chi connectivity index (χ3n) is 5.10. The van der Waals surface area contributed by atoms with Crippen LogP contribution in [-0.4, -0.2) is 46.7 Å². The first-order valence-corrected chi connectivity index (χ1v) is 10.3. The molecule has 1 atom stereocenters. The first-order valence-electron chi connectivity index (χ1n) is 9.27. The van der Waals surface area contributed by atoms with Gasteiger partial charge >= 0.3 is 0 Å². The van der Waals surface area contributed by atoms with Gasteiger partial charge in [0.1, 0.15) is 11.5 Å². The molecule has 3 aromatic rings. The highest BCUT2D eigenvalue weighted by Crippen LogP contribution is 2.39. The molecule has 0 spiro atoms. The lowest BCUT2D eigenvalue weighted by molar-refractivity contribution is -0.129. The zero-order chi connectivity index (χ0) is 19.5. The predicted molar refractivity (Wildman–Crippen MR) is 109 cm³/mol. The molecule has 146 valence electrons. The second-order valence-corrected chi connectivity index (χ2v) is 7.62. The molecule has 0 bridgehead atoms. The number of hydrogen-bond acceptors (Lipinski definition) is 5. The van der Waals surface area contributed by atoms with E-state index in [1.54, 1.807) is 14.2 Å². The fraction of sp³-hybridized carbons (Fsp3) is 0.333. The molecule has 1 saturated heterocycles. The molecule has 0 radical (unpaired) electrons. The van der Waals surface area contributed by atoms with Crippen molar-refractivity contribution in [2.24, 2.45) is 0 Å². The summed E-state index contributed by atoms with van der Waals surface area (Å²) in [4.78, 5) is 19.4. The van der Waals surface area contributed by atoms with E-state index < -0.39 is 0 Å². The van der Waals surface area contributed by atoms with Gasteiger partial charge in [0.05, 0.1) is 37.7 Å². The van der Waals surface area contributed by atoms with Gasteiger partial charge in [0, 0.05) is 18.3 Å². The van der Waals surface area contributed by atoms with Crippen molar-refractivity contribution in [3.8, 4) is 11.5 Å². The van der Waals surface area contributed by atoms with Crippen LogP contribution < -0.4 is 9.47 Å². The van der Waals surface area contributed by atoms with Crippen LogP contribution in [0.25, 0.3) is 5.52 Å². The van der Waals surface area contributed by atoms with E-state index in [0.717, 1.165) is 47.1 Å². The monoisotopic (exact) mass is 397 g/mol. The minimum Gasteiger partial charge on any atom is -0.497 e. The Hall–Kier alpha value is -2.67. The van der Waals surface area contributed by atoms with E-state index in [4.69, 9.17) is 9.47 Å². The number of nitrogens with zero attached hydrogens (tertiary/aromatic N) is 3. The van der Waals surface area contributed by atoms with E-state index >= 15 is 0 Å². The number of likely N-dealkylation sites (tertiary alicyclic amines) is 1. The molecule has 0 aliphatic carbocycles. The normalized spacial score (nSPS) is 16.5. The Labute approximate surface area is 168 Å². The summed E-state index contributed by atoms with van der Waals surface area (Å²) >= 11 is 1.47. The Bertz CT molecular complexity index is 988. The number of pyridine rings is 1. The van der Waals surface area contributed by atoms with Gasteiger partial charge in [-0.15, -0.1) is 0 Å². The van der Waals surface area contributed by atoms with E-state index in [1.165, 1.54) is 11.8 Å². The molecule has 1 aliphatic rings. The van der Waals surface area contributed by atoms with Gasteiger partial charge in [0.25, 0.3) is 0 Å². The van der Waals surface area contributed by atoms with Gasteiger partial charge in [-0.25, -0.2) is 4.98 Å². The zero-order valence-corrected chi connectivity index (χ0v) is 16.8. The molecule has 3 heterocycles. The molecule has 1 fully saturated rings. The first-order chi connectivity index (χ1) is 13.7. The summed E-state index contributed by atoms with van der Waals surface area (Å²) in [5, 5.41) is 0.832. The van der Waals surface area contributed by atoms with Gasteiger partial charge < -0.3 is 14.4 Å². The maximum atomic E-state index is 13.0. The molecular weight excluding hydrogens is 374 g/mol. The number of fused-ring (bicyclic) bond motifs is 1. The summed E-state index contributed by atoms with van der Waals surface area (Å²) in [5.74, 6) is 2.03. The van der Waals surface area contributed by atoms with E-state index in [-0.39, 0.29) is 11.9 Å². The molecule has 1 amide bonds. The third-order valence-corrected chi connectivity index (χ3v) is 6.05. The Morgan fingerprint density at radius 2 is 2.14 bits per heavy atom. The molecule has 4 rings (SSSR count). The molecule has 1 aliphatic heterocycles. The highest BCUT2D eigenvalue weighted by molar-refractivity contribution is 7.99. The van der Waals surface area contributed by atoms with Crippen LogP contribution in [0.1, 0.15) is 24.4 Å². The fourth-order valence-corrected chi connectivity index (χ4v) is 4.57. The van der Waals surface area contributed by atoms with Gasteiger partial charge in [0.2, 0.25) is 5.91 Å². The van der Waals surface area contributed by atoms with Crippen LogP contribution in [0.2, 0.25) is 0 Å². The zero-order valence-electron chi connectivity index (χ0n) is 16.0. The van der Waals surface area contributed by atoms with Crippen LogP contribution >= 0.6 is 11.8 Å². The summed E-state index contributed by atoms with van der Waals surface area (Å²) < 4.78 is 12.9. The second kappa shape index (κ2) is 8.14.